The Morgan fingerprint density at radius 3 is 3.00 bits per heavy atom. The molecule has 7 heteroatoms. The number of aliphatic hydroxyl groups is 1. The molecule has 0 aliphatic heterocycles. The van der Waals surface area contributed by atoms with Crippen LogP contribution < -0.4 is 0 Å². The molecule has 0 spiro atoms. The van der Waals surface area contributed by atoms with Crippen molar-refractivity contribution < 1.29 is 14.4 Å². The largest absolute Gasteiger partial charge is 0.395 e. The molecular formula is C12H11FN2O3S. The minimum Gasteiger partial charge on any atom is -0.395 e. The van der Waals surface area contributed by atoms with Crippen LogP contribution in [0.15, 0.2) is 29.3 Å². The summed E-state index contributed by atoms with van der Waals surface area (Å²) in [4.78, 5) is 14.5. The number of pyridine rings is 1. The van der Waals surface area contributed by atoms with Gasteiger partial charge >= 0.3 is 0 Å². The fraction of sp³-hybridized carbons (Fsp3) is 0.250. The van der Waals surface area contributed by atoms with E-state index in [1.807, 2.05) is 0 Å². The second-order valence-corrected chi connectivity index (χ2v) is 5.42. The number of aliphatic hydroxyl groups excluding tert-OH is 1. The fourth-order valence-electron chi connectivity index (χ4n) is 1.67. The third kappa shape index (κ3) is 2.66. The zero-order chi connectivity index (χ0) is 14.0. The molecule has 100 valence electrons. The second kappa shape index (κ2) is 5.50. The van der Waals surface area contributed by atoms with Crippen molar-refractivity contribution in [2.75, 3.05) is 6.61 Å². The highest BCUT2D eigenvalue weighted by Crippen LogP contribution is 2.36. The average molecular weight is 282 g/mol. The molecule has 5 nitrogen and oxygen atoms in total. The first-order valence-electron chi connectivity index (χ1n) is 5.53. The summed E-state index contributed by atoms with van der Waals surface area (Å²) < 4.78 is 14.0. The summed E-state index contributed by atoms with van der Waals surface area (Å²) >= 11 is 1.11. The van der Waals surface area contributed by atoms with E-state index >= 15 is 0 Å². The smallest absolute Gasteiger partial charge is 0.281 e. The summed E-state index contributed by atoms with van der Waals surface area (Å²) in [5, 5.41) is 20.0. The topological polar surface area (TPSA) is 76.3 Å². The van der Waals surface area contributed by atoms with Gasteiger partial charge in [0, 0.05) is 11.4 Å². The number of nitro benzene ring substituents is 1. The van der Waals surface area contributed by atoms with Crippen molar-refractivity contribution in [2.45, 2.75) is 17.1 Å². The van der Waals surface area contributed by atoms with Crippen molar-refractivity contribution >= 4 is 28.4 Å². The second-order valence-electron chi connectivity index (χ2n) is 3.97. The summed E-state index contributed by atoms with van der Waals surface area (Å²) in [5.41, 5.74) is -0.0545. The Bertz CT molecular complexity index is 636. The van der Waals surface area contributed by atoms with Crippen molar-refractivity contribution in [3.63, 3.8) is 0 Å². The third-order valence-electron chi connectivity index (χ3n) is 2.55. The Hall–Kier alpha value is -1.73. The van der Waals surface area contributed by atoms with Gasteiger partial charge in [0.2, 0.25) is 0 Å². The van der Waals surface area contributed by atoms with Crippen LogP contribution in [0.5, 0.6) is 0 Å². The molecule has 2 rings (SSSR count). The van der Waals surface area contributed by atoms with Crippen molar-refractivity contribution in [2.24, 2.45) is 0 Å². The van der Waals surface area contributed by atoms with E-state index < -0.39 is 10.7 Å². The zero-order valence-corrected chi connectivity index (χ0v) is 10.9. The molecule has 0 fully saturated rings. The predicted octanol–water partition coefficient (Wildman–Crippen LogP) is 2.76. The Kier molecular flexibility index (Phi) is 3.96. The summed E-state index contributed by atoms with van der Waals surface area (Å²) in [7, 11) is 0. The van der Waals surface area contributed by atoms with Gasteiger partial charge in [0.05, 0.1) is 33.4 Å². The molecule has 1 atom stereocenters. The van der Waals surface area contributed by atoms with Crippen LogP contribution in [0.2, 0.25) is 0 Å². The van der Waals surface area contributed by atoms with Crippen LogP contribution in [-0.4, -0.2) is 26.9 Å². The lowest BCUT2D eigenvalue weighted by molar-refractivity contribution is -0.383. The Morgan fingerprint density at radius 2 is 2.37 bits per heavy atom. The van der Waals surface area contributed by atoms with Crippen molar-refractivity contribution in [1.29, 1.82) is 0 Å². The maximum absolute atomic E-state index is 14.0. The number of hydrogen-bond acceptors (Lipinski definition) is 5. The van der Waals surface area contributed by atoms with E-state index in [0.717, 1.165) is 17.8 Å². The van der Waals surface area contributed by atoms with E-state index in [4.69, 9.17) is 5.11 Å². The first-order valence-corrected chi connectivity index (χ1v) is 6.41. The van der Waals surface area contributed by atoms with E-state index in [0.29, 0.717) is 5.39 Å². The lowest BCUT2D eigenvalue weighted by Crippen LogP contribution is -2.03. The van der Waals surface area contributed by atoms with Gasteiger partial charge in [0.15, 0.2) is 0 Å². The average Bonchev–Trinajstić information content (AvgIpc) is 2.41. The third-order valence-corrected chi connectivity index (χ3v) is 3.73. The number of hydrogen-bond donors (Lipinski definition) is 1. The highest BCUT2D eigenvalue weighted by molar-refractivity contribution is 8.00. The van der Waals surface area contributed by atoms with E-state index in [1.165, 1.54) is 12.3 Å². The fourth-order valence-corrected chi connectivity index (χ4v) is 2.59. The van der Waals surface area contributed by atoms with Gasteiger partial charge in [-0.15, -0.1) is 11.8 Å². The zero-order valence-electron chi connectivity index (χ0n) is 10.0. The van der Waals surface area contributed by atoms with Gasteiger partial charge in [-0.25, -0.2) is 4.39 Å². The lowest BCUT2D eigenvalue weighted by atomic mass is 10.2. The molecule has 1 unspecified atom stereocenters. The molecule has 0 saturated carbocycles. The minimum atomic E-state index is -0.691. The van der Waals surface area contributed by atoms with Gasteiger partial charge in [-0.2, -0.15) is 0 Å². The number of non-ortho nitro benzene ring substituents is 1. The van der Waals surface area contributed by atoms with Crippen LogP contribution in [-0.2, 0) is 0 Å². The van der Waals surface area contributed by atoms with Gasteiger partial charge in [-0.1, -0.05) is 6.92 Å². The van der Waals surface area contributed by atoms with Gasteiger partial charge in [-0.05, 0) is 12.1 Å². The first kappa shape index (κ1) is 13.7. The van der Waals surface area contributed by atoms with Crippen LogP contribution in [0.25, 0.3) is 10.9 Å². The summed E-state index contributed by atoms with van der Waals surface area (Å²) in [6.45, 7) is 1.62. The van der Waals surface area contributed by atoms with Crippen molar-refractivity contribution in [1.82, 2.24) is 4.98 Å². The molecule has 0 radical (unpaired) electrons. The summed E-state index contributed by atoms with van der Waals surface area (Å²) in [6.07, 6.45) is 1.46. The van der Waals surface area contributed by atoms with Crippen LogP contribution in [0.3, 0.4) is 0 Å². The summed E-state index contributed by atoms with van der Waals surface area (Å²) in [6, 6.07) is 4.00. The number of benzene rings is 1. The normalized spacial score (nSPS) is 12.6. The Morgan fingerprint density at radius 1 is 1.63 bits per heavy atom. The van der Waals surface area contributed by atoms with Crippen LogP contribution in [0.4, 0.5) is 10.1 Å². The van der Waals surface area contributed by atoms with Gasteiger partial charge < -0.3 is 5.11 Å². The van der Waals surface area contributed by atoms with Crippen LogP contribution in [0, 0.1) is 15.9 Å². The maximum atomic E-state index is 14.0. The molecule has 2 aromatic rings. The lowest BCUT2D eigenvalue weighted by Gasteiger charge is -2.11. The molecule has 1 N–H and O–H groups in total. The number of nitrogens with zero attached hydrogens (tertiary/aromatic N) is 2. The standard InChI is InChI=1S/C12H11FN2O3S/c1-7(6-16)19-12-9(13)5-10(15(17)18)8-3-2-4-14-11(8)12/h2-5,7,16H,6H2,1H3. The highest BCUT2D eigenvalue weighted by Gasteiger charge is 2.21. The van der Waals surface area contributed by atoms with E-state index in [-0.39, 0.29) is 28.0 Å². The van der Waals surface area contributed by atoms with Crippen LogP contribution >= 0.6 is 11.8 Å². The molecule has 0 saturated heterocycles. The maximum Gasteiger partial charge on any atom is 0.281 e. The van der Waals surface area contributed by atoms with Gasteiger partial charge in [-0.3, -0.25) is 15.1 Å². The Labute approximate surface area is 112 Å². The van der Waals surface area contributed by atoms with Crippen LogP contribution in [0.1, 0.15) is 6.92 Å². The molecule has 1 heterocycles. The molecule has 0 aliphatic rings. The molecule has 0 amide bonds. The first-order chi connectivity index (χ1) is 9.04. The number of rotatable bonds is 4. The highest BCUT2D eigenvalue weighted by atomic mass is 32.2. The quantitative estimate of drug-likeness (QED) is 0.530. The number of fused-ring (bicyclic) bond motifs is 1. The van der Waals surface area contributed by atoms with Gasteiger partial charge in [0.25, 0.3) is 5.69 Å². The van der Waals surface area contributed by atoms with E-state index in [1.54, 1.807) is 13.0 Å². The molecule has 0 bridgehead atoms. The summed E-state index contributed by atoms with van der Waals surface area (Å²) in [5.74, 6) is -0.691. The predicted molar refractivity (Wildman–Crippen MR) is 70.8 cm³/mol. The molecular weight excluding hydrogens is 271 g/mol. The number of nitro groups is 1. The number of thioether (sulfide) groups is 1. The monoisotopic (exact) mass is 282 g/mol. The minimum absolute atomic E-state index is 0.116. The molecule has 1 aromatic carbocycles. The molecule has 0 aliphatic carbocycles. The van der Waals surface area contributed by atoms with Crippen molar-refractivity contribution in [3.05, 3.63) is 40.3 Å². The number of aromatic nitrogens is 1. The molecule has 19 heavy (non-hydrogen) atoms. The van der Waals surface area contributed by atoms with Gasteiger partial charge in [0.1, 0.15) is 5.82 Å². The van der Waals surface area contributed by atoms with Crippen molar-refractivity contribution in [3.8, 4) is 0 Å². The molecule has 1 aromatic heterocycles. The Balaban J connectivity index is 2.68. The SMILES string of the molecule is CC(CO)Sc1c(F)cc([N+](=O)[O-])c2cccnc12. The van der Waals surface area contributed by atoms with E-state index in [9.17, 15) is 14.5 Å². The number of halogens is 1. The van der Waals surface area contributed by atoms with E-state index in [2.05, 4.69) is 4.98 Å².